The van der Waals surface area contributed by atoms with E-state index in [4.69, 9.17) is 4.74 Å². The van der Waals surface area contributed by atoms with Crippen LogP contribution in [0.1, 0.15) is 6.92 Å². The average molecular weight is 441 g/mol. The van der Waals surface area contributed by atoms with E-state index in [-0.39, 0.29) is 37.7 Å². The normalized spacial score (nSPS) is 15.1. The van der Waals surface area contributed by atoms with Gasteiger partial charge in [0.05, 0.1) is 18.5 Å². The van der Waals surface area contributed by atoms with Crippen LogP contribution in [-0.2, 0) is 14.8 Å². The molecule has 2 heterocycles. The number of aromatic nitrogens is 2. The Hall–Kier alpha value is -3.17. The van der Waals surface area contributed by atoms with Crippen molar-refractivity contribution in [3.63, 3.8) is 0 Å². The highest BCUT2D eigenvalue weighted by Gasteiger charge is 2.34. The molecule has 0 unspecified atom stereocenters. The molecule has 0 bridgehead atoms. The number of hydrogen-bond acceptors (Lipinski definition) is 5. The number of nitrogens with zero attached hydrogens (tertiary/aromatic N) is 4. The number of rotatable bonds is 5. The minimum absolute atomic E-state index is 0.145. The molecule has 2 aromatic carbocycles. The lowest BCUT2D eigenvalue weighted by molar-refractivity contribution is 0.0934. The van der Waals surface area contributed by atoms with Gasteiger partial charge in [-0.05, 0) is 19.1 Å². The predicted octanol–water partition coefficient (Wildman–Crippen LogP) is 3.00. The molecule has 8 nitrogen and oxygen atoms in total. The molecule has 0 saturated carbocycles. The van der Waals surface area contributed by atoms with Crippen LogP contribution in [0.15, 0.2) is 71.8 Å². The number of benzene rings is 2. The molecular formula is C22H24N4O4S. The maximum Gasteiger partial charge on any atom is 0.409 e. The third-order valence-electron chi connectivity index (χ3n) is 5.13. The van der Waals surface area contributed by atoms with Crippen LogP contribution < -0.4 is 0 Å². The van der Waals surface area contributed by atoms with Crippen molar-refractivity contribution in [2.75, 3.05) is 32.8 Å². The van der Waals surface area contributed by atoms with Crippen molar-refractivity contribution < 1.29 is 17.9 Å². The Morgan fingerprint density at radius 1 is 0.968 bits per heavy atom. The minimum Gasteiger partial charge on any atom is -0.450 e. The molecule has 0 atom stereocenters. The van der Waals surface area contributed by atoms with Crippen molar-refractivity contribution in [1.29, 1.82) is 0 Å². The molecule has 0 radical (unpaired) electrons. The Morgan fingerprint density at radius 3 is 2.19 bits per heavy atom. The summed E-state index contributed by atoms with van der Waals surface area (Å²) in [4.78, 5) is 13.6. The van der Waals surface area contributed by atoms with Crippen LogP contribution >= 0.6 is 0 Å². The fraction of sp³-hybridized carbons (Fsp3) is 0.273. The van der Waals surface area contributed by atoms with Crippen LogP contribution in [0.25, 0.3) is 16.9 Å². The second-order valence-corrected chi connectivity index (χ2v) is 8.98. The maximum atomic E-state index is 13.6. The zero-order valence-electron chi connectivity index (χ0n) is 17.2. The highest BCUT2D eigenvalue weighted by molar-refractivity contribution is 7.89. The van der Waals surface area contributed by atoms with Gasteiger partial charge >= 0.3 is 6.09 Å². The monoisotopic (exact) mass is 440 g/mol. The van der Waals surface area contributed by atoms with E-state index < -0.39 is 16.1 Å². The quantitative estimate of drug-likeness (QED) is 0.609. The maximum absolute atomic E-state index is 13.6. The van der Waals surface area contributed by atoms with Gasteiger partial charge in [0, 0.05) is 31.7 Å². The molecule has 162 valence electrons. The molecule has 4 rings (SSSR count). The van der Waals surface area contributed by atoms with Crippen LogP contribution in [-0.4, -0.2) is 66.3 Å². The summed E-state index contributed by atoms with van der Waals surface area (Å²) in [6.07, 6.45) is 1.14. The molecule has 1 amide bonds. The van der Waals surface area contributed by atoms with Crippen molar-refractivity contribution in [2.45, 2.75) is 11.8 Å². The fourth-order valence-electron chi connectivity index (χ4n) is 3.52. The van der Waals surface area contributed by atoms with E-state index in [1.165, 1.54) is 9.21 Å². The van der Waals surface area contributed by atoms with Gasteiger partial charge in [-0.1, -0.05) is 48.5 Å². The number of hydrogen-bond donors (Lipinski definition) is 0. The molecule has 9 heteroatoms. The lowest BCUT2D eigenvalue weighted by Crippen LogP contribution is -2.50. The Bertz CT molecular complexity index is 1140. The van der Waals surface area contributed by atoms with Gasteiger partial charge in [-0.2, -0.15) is 9.40 Å². The first-order valence-electron chi connectivity index (χ1n) is 10.1. The summed E-state index contributed by atoms with van der Waals surface area (Å²) >= 11 is 0. The highest BCUT2D eigenvalue weighted by Crippen LogP contribution is 2.30. The van der Waals surface area contributed by atoms with Crippen molar-refractivity contribution in [2.24, 2.45) is 0 Å². The van der Waals surface area contributed by atoms with Crippen LogP contribution in [0, 0.1) is 0 Å². The second kappa shape index (κ2) is 8.91. The average Bonchev–Trinajstić information content (AvgIpc) is 3.27. The summed E-state index contributed by atoms with van der Waals surface area (Å²) < 4.78 is 35.1. The molecule has 1 saturated heterocycles. The van der Waals surface area contributed by atoms with E-state index in [0.29, 0.717) is 5.69 Å². The Labute approximate surface area is 181 Å². The van der Waals surface area contributed by atoms with Crippen molar-refractivity contribution in [1.82, 2.24) is 19.0 Å². The third kappa shape index (κ3) is 4.33. The highest BCUT2D eigenvalue weighted by atomic mass is 32.2. The van der Waals surface area contributed by atoms with Crippen molar-refractivity contribution in [3.05, 3.63) is 66.9 Å². The zero-order valence-corrected chi connectivity index (χ0v) is 18.0. The molecule has 0 spiro atoms. The molecule has 1 aliphatic rings. The number of carbonyl (C=O) groups is 1. The first kappa shape index (κ1) is 21.1. The smallest absolute Gasteiger partial charge is 0.409 e. The standard InChI is InChI=1S/C22H24N4O4S/c1-2-30-22(27)24-13-15-25(16-14-24)31(28,29)20-17-26(19-11-7-4-8-12-19)23-21(20)18-9-5-3-6-10-18/h3-12,17H,2,13-16H2,1H3. The Morgan fingerprint density at radius 2 is 1.58 bits per heavy atom. The molecule has 31 heavy (non-hydrogen) atoms. The van der Waals surface area contributed by atoms with Crippen LogP contribution in [0.4, 0.5) is 4.79 Å². The summed E-state index contributed by atoms with van der Waals surface area (Å²) in [6, 6.07) is 18.7. The number of sulfonamides is 1. The first-order valence-corrected chi connectivity index (χ1v) is 11.6. The van der Waals surface area contributed by atoms with Crippen molar-refractivity contribution in [3.8, 4) is 16.9 Å². The van der Waals surface area contributed by atoms with E-state index in [0.717, 1.165) is 11.3 Å². The summed E-state index contributed by atoms with van der Waals surface area (Å²) in [5.41, 5.74) is 1.89. The van der Waals surface area contributed by atoms with E-state index in [1.54, 1.807) is 17.8 Å². The van der Waals surface area contributed by atoms with Gasteiger partial charge in [0.15, 0.2) is 0 Å². The zero-order chi connectivity index (χ0) is 21.8. The van der Waals surface area contributed by atoms with Gasteiger partial charge in [0.25, 0.3) is 0 Å². The molecule has 0 aliphatic carbocycles. The molecule has 1 aromatic heterocycles. The van der Waals surface area contributed by atoms with Gasteiger partial charge in [-0.25, -0.2) is 17.9 Å². The summed E-state index contributed by atoms with van der Waals surface area (Å²) in [7, 11) is -3.82. The topological polar surface area (TPSA) is 84.7 Å². The number of carbonyl (C=O) groups excluding carboxylic acids is 1. The lowest BCUT2D eigenvalue weighted by Gasteiger charge is -2.33. The fourth-order valence-corrected chi connectivity index (χ4v) is 5.08. The number of amides is 1. The Balaban J connectivity index is 1.68. The first-order chi connectivity index (χ1) is 15.0. The molecule has 3 aromatic rings. The minimum atomic E-state index is -3.82. The largest absolute Gasteiger partial charge is 0.450 e. The summed E-state index contributed by atoms with van der Waals surface area (Å²) in [5.74, 6) is 0. The van der Waals surface area contributed by atoms with E-state index >= 15 is 0 Å². The SMILES string of the molecule is CCOC(=O)N1CCN(S(=O)(=O)c2cn(-c3ccccc3)nc2-c2ccccc2)CC1. The Kier molecular flexibility index (Phi) is 6.06. The van der Waals surface area contributed by atoms with E-state index in [2.05, 4.69) is 5.10 Å². The molecular weight excluding hydrogens is 416 g/mol. The van der Waals surface area contributed by atoms with Crippen LogP contribution in [0.3, 0.4) is 0 Å². The molecule has 1 fully saturated rings. The molecule has 1 aliphatic heterocycles. The van der Waals surface area contributed by atoms with Gasteiger partial charge < -0.3 is 9.64 Å². The number of para-hydroxylation sites is 1. The summed E-state index contributed by atoms with van der Waals surface area (Å²) in [5, 5.41) is 4.61. The van der Waals surface area contributed by atoms with E-state index in [1.807, 2.05) is 60.7 Å². The summed E-state index contributed by atoms with van der Waals surface area (Å²) in [6.45, 7) is 3.00. The predicted molar refractivity (Wildman–Crippen MR) is 116 cm³/mol. The van der Waals surface area contributed by atoms with E-state index in [9.17, 15) is 13.2 Å². The number of piperazine rings is 1. The van der Waals surface area contributed by atoms with Crippen LogP contribution in [0.5, 0.6) is 0 Å². The third-order valence-corrected chi connectivity index (χ3v) is 7.03. The lowest BCUT2D eigenvalue weighted by atomic mass is 10.2. The van der Waals surface area contributed by atoms with Crippen molar-refractivity contribution >= 4 is 16.1 Å². The molecule has 0 N–H and O–H groups in total. The van der Waals surface area contributed by atoms with Gasteiger partial charge in [-0.3, -0.25) is 0 Å². The number of ether oxygens (including phenoxy) is 1. The second-order valence-electron chi connectivity index (χ2n) is 7.08. The van der Waals surface area contributed by atoms with Gasteiger partial charge in [0.1, 0.15) is 10.6 Å². The van der Waals surface area contributed by atoms with Gasteiger partial charge in [0.2, 0.25) is 10.0 Å². The van der Waals surface area contributed by atoms with Crippen LogP contribution in [0.2, 0.25) is 0 Å². The van der Waals surface area contributed by atoms with Gasteiger partial charge in [-0.15, -0.1) is 0 Å².